The Bertz CT molecular complexity index is 805. The minimum atomic E-state index is -0.578. The van der Waals surface area contributed by atoms with Gasteiger partial charge in [0.15, 0.2) is 0 Å². The molecule has 2 heterocycles. The highest BCUT2D eigenvalue weighted by molar-refractivity contribution is 5.90. The number of nitrogens with one attached hydrogen (secondary N) is 2. The van der Waals surface area contributed by atoms with Crippen molar-refractivity contribution in [1.29, 1.82) is 0 Å². The van der Waals surface area contributed by atoms with Crippen LogP contribution in [0.4, 0.5) is 8.78 Å². The highest BCUT2D eigenvalue weighted by atomic mass is 19.1. The molecular formula is C26H39F2N3O3. The van der Waals surface area contributed by atoms with Crippen molar-refractivity contribution in [2.24, 2.45) is 11.3 Å². The molecule has 0 unspecified atom stereocenters. The molecule has 0 radical (unpaired) electrons. The molecule has 1 spiro atoms. The second-order valence-corrected chi connectivity index (χ2v) is 10.2. The van der Waals surface area contributed by atoms with Crippen LogP contribution in [0, 0.1) is 23.0 Å². The number of benzene rings is 1. The number of halogens is 2. The van der Waals surface area contributed by atoms with E-state index in [9.17, 15) is 18.4 Å². The van der Waals surface area contributed by atoms with Crippen molar-refractivity contribution < 1.29 is 23.1 Å². The summed E-state index contributed by atoms with van der Waals surface area (Å²) in [5.41, 5.74) is 0.0401. The fraction of sp³-hybridized carbons (Fsp3) is 0.692. The van der Waals surface area contributed by atoms with Gasteiger partial charge in [0.1, 0.15) is 17.7 Å². The van der Waals surface area contributed by atoms with Crippen molar-refractivity contribution >= 4 is 11.8 Å². The predicted molar refractivity (Wildman–Crippen MR) is 127 cm³/mol. The van der Waals surface area contributed by atoms with E-state index < -0.39 is 23.1 Å². The molecule has 1 aromatic rings. The first-order valence-corrected chi connectivity index (χ1v) is 12.6. The molecule has 6 nitrogen and oxygen atoms in total. The first-order chi connectivity index (χ1) is 16.3. The SMILES string of the molecule is CC(C)C[C@@H]1NC(=O)C2(CCCCOCCCNC1=O)CCN(Cc1cc(F)cc(F)c1)CC2. The van der Waals surface area contributed by atoms with Crippen molar-refractivity contribution in [3.05, 3.63) is 35.4 Å². The summed E-state index contributed by atoms with van der Waals surface area (Å²) in [6.45, 7) is 7.64. The number of piperidine rings is 1. The minimum Gasteiger partial charge on any atom is -0.381 e. The predicted octanol–water partition coefficient (Wildman–Crippen LogP) is 3.78. The average molecular weight is 480 g/mol. The number of carbonyl (C=O) groups excluding carboxylic acids is 2. The molecule has 0 bridgehead atoms. The number of rotatable bonds is 4. The summed E-state index contributed by atoms with van der Waals surface area (Å²) in [4.78, 5) is 28.6. The van der Waals surface area contributed by atoms with Crippen molar-refractivity contribution in [3.8, 4) is 0 Å². The zero-order chi connectivity index (χ0) is 24.6. The molecule has 2 fully saturated rings. The highest BCUT2D eigenvalue weighted by Crippen LogP contribution is 2.38. The van der Waals surface area contributed by atoms with Crippen molar-refractivity contribution in [3.63, 3.8) is 0 Å². The Morgan fingerprint density at radius 2 is 1.71 bits per heavy atom. The molecule has 2 N–H and O–H groups in total. The maximum Gasteiger partial charge on any atom is 0.242 e. The van der Waals surface area contributed by atoms with Crippen LogP contribution in [-0.2, 0) is 20.9 Å². The van der Waals surface area contributed by atoms with E-state index in [0.717, 1.165) is 31.7 Å². The summed E-state index contributed by atoms with van der Waals surface area (Å²) >= 11 is 0. The Hall–Kier alpha value is -2.06. The first-order valence-electron chi connectivity index (χ1n) is 12.6. The van der Waals surface area contributed by atoms with Crippen LogP contribution in [0.15, 0.2) is 18.2 Å². The Morgan fingerprint density at radius 1 is 1.03 bits per heavy atom. The zero-order valence-electron chi connectivity index (χ0n) is 20.5. The zero-order valence-corrected chi connectivity index (χ0v) is 20.5. The quantitative estimate of drug-likeness (QED) is 0.690. The van der Waals surface area contributed by atoms with Gasteiger partial charge in [0.05, 0.1) is 5.41 Å². The van der Waals surface area contributed by atoms with Crippen LogP contribution in [0.2, 0.25) is 0 Å². The number of carbonyl (C=O) groups is 2. The fourth-order valence-electron chi connectivity index (χ4n) is 4.98. The van der Waals surface area contributed by atoms with Crippen LogP contribution in [0.3, 0.4) is 0 Å². The van der Waals surface area contributed by atoms with Gasteiger partial charge >= 0.3 is 0 Å². The number of hydrogen-bond donors (Lipinski definition) is 2. The number of hydrogen-bond acceptors (Lipinski definition) is 4. The van der Waals surface area contributed by atoms with Gasteiger partial charge in [-0.2, -0.15) is 0 Å². The molecule has 1 atom stereocenters. The Balaban J connectivity index is 1.70. The first kappa shape index (κ1) is 26.5. The van der Waals surface area contributed by atoms with E-state index >= 15 is 0 Å². The van der Waals surface area contributed by atoms with Gasteiger partial charge in [0.25, 0.3) is 0 Å². The van der Waals surface area contributed by atoms with E-state index in [1.54, 1.807) is 0 Å². The molecule has 190 valence electrons. The van der Waals surface area contributed by atoms with Crippen LogP contribution in [0.25, 0.3) is 0 Å². The third-order valence-corrected chi connectivity index (χ3v) is 6.91. The average Bonchev–Trinajstić information content (AvgIpc) is 2.77. The summed E-state index contributed by atoms with van der Waals surface area (Å²) in [7, 11) is 0. The van der Waals surface area contributed by atoms with E-state index in [2.05, 4.69) is 15.5 Å². The molecular weight excluding hydrogens is 440 g/mol. The molecule has 2 aliphatic rings. The minimum absolute atomic E-state index is 0.0530. The standard InChI is InChI=1S/C26H39F2N3O3/c1-19(2)14-23-24(32)29-9-5-13-34-12-4-3-6-26(25(33)30-23)7-10-31(11-8-26)18-20-15-21(27)17-22(28)16-20/h15-17,19,23H,3-14,18H2,1-2H3,(H,29,32)(H,30,33)/t23-/m0/s1. The van der Waals surface area contributed by atoms with Gasteiger partial charge in [0, 0.05) is 32.4 Å². The van der Waals surface area contributed by atoms with Crippen LogP contribution in [0.5, 0.6) is 0 Å². The van der Waals surface area contributed by atoms with Crippen molar-refractivity contribution in [2.45, 2.75) is 71.4 Å². The van der Waals surface area contributed by atoms with E-state index in [0.29, 0.717) is 64.2 Å². The van der Waals surface area contributed by atoms with E-state index in [4.69, 9.17) is 4.74 Å². The van der Waals surface area contributed by atoms with E-state index in [-0.39, 0.29) is 17.7 Å². The van der Waals surface area contributed by atoms with Gasteiger partial charge in [-0.15, -0.1) is 0 Å². The number of amides is 2. The van der Waals surface area contributed by atoms with Gasteiger partial charge in [0.2, 0.25) is 11.8 Å². The molecule has 0 aliphatic carbocycles. The second kappa shape index (κ2) is 12.6. The third-order valence-electron chi connectivity index (χ3n) is 6.91. The Labute approximate surface area is 201 Å². The summed E-state index contributed by atoms with van der Waals surface area (Å²) in [6.07, 6.45) is 5.14. The van der Waals surface area contributed by atoms with Crippen LogP contribution >= 0.6 is 0 Å². The summed E-state index contributed by atoms with van der Waals surface area (Å²) in [5.74, 6) is -1.08. The molecule has 2 amide bonds. The normalized spacial score (nSPS) is 23.4. The van der Waals surface area contributed by atoms with E-state index in [1.165, 1.54) is 12.1 Å². The third kappa shape index (κ3) is 7.73. The number of ether oxygens (including phenoxy) is 1. The summed E-state index contributed by atoms with van der Waals surface area (Å²) in [5, 5.41) is 6.04. The number of likely N-dealkylation sites (tertiary alicyclic amines) is 1. The summed E-state index contributed by atoms with van der Waals surface area (Å²) < 4.78 is 32.9. The van der Waals surface area contributed by atoms with E-state index in [1.807, 2.05) is 13.8 Å². The lowest BCUT2D eigenvalue weighted by atomic mass is 9.73. The molecule has 2 aliphatic heterocycles. The molecule has 0 saturated carbocycles. The smallest absolute Gasteiger partial charge is 0.242 e. The molecule has 3 rings (SSSR count). The molecule has 0 aromatic heterocycles. The van der Waals surface area contributed by atoms with Crippen LogP contribution in [0.1, 0.15) is 64.4 Å². The lowest BCUT2D eigenvalue weighted by Crippen LogP contribution is -2.55. The van der Waals surface area contributed by atoms with Gasteiger partial charge in [-0.25, -0.2) is 8.78 Å². The molecule has 2 saturated heterocycles. The summed E-state index contributed by atoms with van der Waals surface area (Å²) in [6, 6.07) is 3.04. The largest absolute Gasteiger partial charge is 0.381 e. The fourth-order valence-corrected chi connectivity index (χ4v) is 4.98. The Kier molecular flexibility index (Phi) is 9.83. The maximum atomic E-state index is 13.6. The molecule has 8 heteroatoms. The monoisotopic (exact) mass is 479 g/mol. The Morgan fingerprint density at radius 3 is 2.38 bits per heavy atom. The lowest BCUT2D eigenvalue weighted by molar-refractivity contribution is -0.138. The van der Waals surface area contributed by atoms with Gasteiger partial charge in [-0.1, -0.05) is 20.3 Å². The maximum absolute atomic E-state index is 13.6. The second-order valence-electron chi connectivity index (χ2n) is 10.2. The van der Waals surface area contributed by atoms with Crippen molar-refractivity contribution in [1.82, 2.24) is 15.5 Å². The highest BCUT2D eigenvalue weighted by Gasteiger charge is 2.42. The van der Waals surface area contributed by atoms with Gasteiger partial charge in [-0.3, -0.25) is 14.5 Å². The van der Waals surface area contributed by atoms with Gasteiger partial charge < -0.3 is 15.4 Å². The molecule has 34 heavy (non-hydrogen) atoms. The molecule has 1 aromatic carbocycles. The van der Waals surface area contributed by atoms with Crippen molar-refractivity contribution in [2.75, 3.05) is 32.8 Å². The lowest BCUT2D eigenvalue weighted by Gasteiger charge is -2.41. The number of nitrogens with zero attached hydrogens (tertiary/aromatic N) is 1. The topological polar surface area (TPSA) is 70.7 Å². The van der Waals surface area contributed by atoms with Crippen LogP contribution in [-0.4, -0.2) is 55.6 Å². The van der Waals surface area contributed by atoms with Gasteiger partial charge in [-0.05, 0) is 75.2 Å². The van der Waals surface area contributed by atoms with Crippen LogP contribution < -0.4 is 10.6 Å².